The maximum atomic E-state index is 12.6. The topological polar surface area (TPSA) is 123 Å². The van der Waals surface area contributed by atoms with Crippen molar-refractivity contribution in [1.29, 1.82) is 0 Å². The number of aromatic nitrogens is 1. The lowest BCUT2D eigenvalue weighted by Gasteiger charge is -2.12. The Morgan fingerprint density at radius 3 is 1.60 bits per heavy atom. The normalized spacial score (nSPS) is 10.1. The Kier molecular flexibility index (Phi) is 6.45. The Balaban J connectivity index is 1.75. The van der Waals surface area contributed by atoms with Crippen molar-refractivity contribution in [2.24, 2.45) is 11.5 Å². The van der Waals surface area contributed by atoms with Gasteiger partial charge in [-0.05, 0) is 36.4 Å². The van der Waals surface area contributed by atoms with E-state index in [9.17, 15) is 9.59 Å². The van der Waals surface area contributed by atoms with E-state index in [0.29, 0.717) is 27.9 Å². The molecule has 0 aliphatic rings. The van der Waals surface area contributed by atoms with Gasteiger partial charge in [0.25, 0.3) is 11.8 Å². The van der Waals surface area contributed by atoms with Crippen LogP contribution in [0.4, 0.5) is 11.5 Å². The number of hydrogen-bond donors (Lipinski definition) is 4. The molecule has 9 heteroatoms. The third-order valence-electron chi connectivity index (χ3n) is 4.15. The van der Waals surface area contributed by atoms with Gasteiger partial charge in [-0.25, -0.2) is 4.98 Å². The van der Waals surface area contributed by atoms with Gasteiger partial charge in [0.1, 0.15) is 9.98 Å². The lowest BCUT2D eigenvalue weighted by atomic mass is 10.1. The molecular weight excluding hydrogens is 418 g/mol. The first-order valence-corrected chi connectivity index (χ1v) is 9.54. The molecule has 0 aliphatic heterocycles. The number of anilines is 2. The molecule has 0 saturated carbocycles. The Bertz CT molecular complexity index is 1040. The van der Waals surface area contributed by atoms with Crippen molar-refractivity contribution in [3.63, 3.8) is 0 Å². The molecule has 6 N–H and O–H groups in total. The number of amides is 2. The van der Waals surface area contributed by atoms with E-state index in [-0.39, 0.29) is 27.6 Å². The van der Waals surface area contributed by atoms with E-state index in [4.69, 9.17) is 35.9 Å². The molecule has 2 amide bonds. The molecule has 3 aromatic rings. The summed E-state index contributed by atoms with van der Waals surface area (Å²) in [6.45, 7) is 0. The number of nitrogens with zero attached hydrogens (tertiary/aromatic N) is 1. The standard InChI is InChI=1S/C21H17N5O2S2/c22-17(29)12-3-7-14(8-4-12)20(27)25-16-2-1-11-24-19(16)26-21(28)15-9-5-13(6-10-15)18(23)30/h1-11H,(H2,22,29)(H2,23,30)(H,25,27)(H,24,26,28). The SMILES string of the molecule is NC(=S)c1ccc(C(=O)Nc2cccnc2NC(=O)c2ccc(C(N)=S)cc2)cc1. The van der Waals surface area contributed by atoms with Gasteiger partial charge in [0.05, 0.1) is 5.69 Å². The molecule has 1 heterocycles. The Labute approximate surface area is 183 Å². The molecule has 3 rings (SSSR count). The fraction of sp³-hybridized carbons (Fsp3) is 0. The molecule has 2 aromatic carbocycles. The largest absolute Gasteiger partial charge is 0.389 e. The average molecular weight is 436 g/mol. The predicted octanol–water partition coefficient (Wildman–Crippen LogP) is 2.85. The van der Waals surface area contributed by atoms with E-state index in [2.05, 4.69) is 15.6 Å². The number of nitrogens with two attached hydrogens (primary N) is 2. The highest BCUT2D eigenvalue weighted by Gasteiger charge is 2.14. The maximum Gasteiger partial charge on any atom is 0.256 e. The first-order chi connectivity index (χ1) is 14.3. The number of rotatable bonds is 6. The molecule has 0 bridgehead atoms. The maximum absolute atomic E-state index is 12.6. The van der Waals surface area contributed by atoms with E-state index < -0.39 is 0 Å². The number of thiocarbonyl (C=S) groups is 2. The van der Waals surface area contributed by atoms with Crippen molar-refractivity contribution in [3.05, 3.63) is 89.1 Å². The molecule has 0 aliphatic carbocycles. The van der Waals surface area contributed by atoms with Crippen molar-refractivity contribution >= 4 is 57.7 Å². The van der Waals surface area contributed by atoms with Crippen LogP contribution in [-0.2, 0) is 0 Å². The van der Waals surface area contributed by atoms with Crippen molar-refractivity contribution in [1.82, 2.24) is 4.98 Å². The van der Waals surface area contributed by atoms with Crippen molar-refractivity contribution in [3.8, 4) is 0 Å². The number of nitrogens with one attached hydrogen (secondary N) is 2. The van der Waals surface area contributed by atoms with E-state index in [1.807, 2.05) is 0 Å². The second-order valence-corrected chi connectivity index (χ2v) is 7.07. The number of pyridine rings is 1. The number of benzene rings is 2. The van der Waals surface area contributed by atoms with Crippen LogP contribution in [0.25, 0.3) is 0 Å². The summed E-state index contributed by atoms with van der Waals surface area (Å²) in [7, 11) is 0. The third kappa shape index (κ3) is 5.02. The summed E-state index contributed by atoms with van der Waals surface area (Å²) in [5, 5.41) is 5.44. The second-order valence-electron chi connectivity index (χ2n) is 6.19. The number of carbonyl (C=O) groups is 2. The summed E-state index contributed by atoms with van der Waals surface area (Å²) in [5.74, 6) is -0.540. The molecule has 150 valence electrons. The van der Waals surface area contributed by atoms with Crippen molar-refractivity contribution in [2.45, 2.75) is 0 Å². The molecule has 0 spiro atoms. The van der Waals surface area contributed by atoms with Crippen LogP contribution >= 0.6 is 24.4 Å². The molecule has 0 fully saturated rings. The van der Waals surface area contributed by atoms with Gasteiger partial charge < -0.3 is 22.1 Å². The summed E-state index contributed by atoms with van der Waals surface area (Å²) >= 11 is 9.82. The molecule has 7 nitrogen and oxygen atoms in total. The van der Waals surface area contributed by atoms with Gasteiger partial charge in [-0.3, -0.25) is 9.59 Å². The van der Waals surface area contributed by atoms with Crippen molar-refractivity contribution < 1.29 is 9.59 Å². The smallest absolute Gasteiger partial charge is 0.256 e. The Hall–Kier alpha value is -3.69. The van der Waals surface area contributed by atoms with Gasteiger partial charge >= 0.3 is 0 Å². The first-order valence-electron chi connectivity index (χ1n) is 8.72. The molecule has 1 aromatic heterocycles. The van der Waals surface area contributed by atoms with Gasteiger partial charge in [-0.1, -0.05) is 48.7 Å². The minimum atomic E-state index is -0.389. The van der Waals surface area contributed by atoms with Gasteiger partial charge in [-0.2, -0.15) is 0 Å². The molecule has 0 saturated heterocycles. The zero-order chi connectivity index (χ0) is 21.7. The van der Waals surface area contributed by atoms with Gasteiger partial charge in [0.2, 0.25) is 0 Å². The lowest BCUT2D eigenvalue weighted by Crippen LogP contribution is -2.18. The fourth-order valence-electron chi connectivity index (χ4n) is 2.55. The Morgan fingerprint density at radius 1 is 0.700 bits per heavy atom. The minimum Gasteiger partial charge on any atom is -0.389 e. The molecule has 0 radical (unpaired) electrons. The van der Waals surface area contributed by atoms with Gasteiger partial charge in [0, 0.05) is 28.5 Å². The number of hydrogen-bond acceptors (Lipinski definition) is 5. The quantitative estimate of drug-likeness (QED) is 0.439. The zero-order valence-corrected chi connectivity index (χ0v) is 17.2. The van der Waals surface area contributed by atoms with Crippen LogP contribution in [0.3, 0.4) is 0 Å². The number of carbonyl (C=O) groups excluding carboxylic acids is 2. The fourth-order valence-corrected chi connectivity index (χ4v) is 2.82. The highest BCUT2D eigenvalue weighted by molar-refractivity contribution is 7.80. The molecule has 30 heavy (non-hydrogen) atoms. The predicted molar refractivity (Wildman–Crippen MR) is 125 cm³/mol. The van der Waals surface area contributed by atoms with E-state index in [1.165, 1.54) is 6.20 Å². The first kappa shape index (κ1) is 21.0. The van der Waals surface area contributed by atoms with Crippen LogP contribution in [0.15, 0.2) is 66.9 Å². The molecular formula is C21H17N5O2S2. The summed E-state index contributed by atoms with van der Waals surface area (Å²) in [6, 6.07) is 16.4. The summed E-state index contributed by atoms with van der Waals surface area (Å²) < 4.78 is 0. The summed E-state index contributed by atoms with van der Waals surface area (Å²) in [6.07, 6.45) is 1.51. The van der Waals surface area contributed by atoms with E-state index in [0.717, 1.165) is 0 Å². The van der Waals surface area contributed by atoms with Crippen LogP contribution in [0.5, 0.6) is 0 Å². The average Bonchev–Trinajstić information content (AvgIpc) is 2.75. The van der Waals surface area contributed by atoms with E-state index in [1.54, 1.807) is 60.7 Å². The van der Waals surface area contributed by atoms with Crippen LogP contribution in [-0.4, -0.2) is 26.8 Å². The van der Waals surface area contributed by atoms with Gasteiger partial charge in [0.15, 0.2) is 5.82 Å². The Morgan fingerprint density at radius 2 is 1.13 bits per heavy atom. The molecule has 0 atom stereocenters. The highest BCUT2D eigenvalue weighted by Crippen LogP contribution is 2.20. The van der Waals surface area contributed by atoms with Crippen LogP contribution in [0.2, 0.25) is 0 Å². The third-order valence-corrected chi connectivity index (χ3v) is 4.62. The van der Waals surface area contributed by atoms with Crippen LogP contribution < -0.4 is 22.1 Å². The zero-order valence-electron chi connectivity index (χ0n) is 15.6. The van der Waals surface area contributed by atoms with Crippen LogP contribution in [0, 0.1) is 0 Å². The lowest BCUT2D eigenvalue weighted by molar-refractivity contribution is 0.101. The summed E-state index contributed by atoms with van der Waals surface area (Å²) in [5.41, 5.74) is 13.6. The molecule has 0 unspecified atom stereocenters. The van der Waals surface area contributed by atoms with Crippen molar-refractivity contribution in [2.75, 3.05) is 10.6 Å². The highest BCUT2D eigenvalue weighted by atomic mass is 32.1. The van der Waals surface area contributed by atoms with Crippen LogP contribution in [0.1, 0.15) is 31.8 Å². The monoisotopic (exact) mass is 435 g/mol. The minimum absolute atomic E-state index is 0.217. The summed E-state index contributed by atoms with van der Waals surface area (Å²) in [4.78, 5) is 29.8. The van der Waals surface area contributed by atoms with E-state index >= 15 is 0 Å². The second kappa shape index (κ2) is 9.21. The van der Waals surface area contributed by atoms with Gasteiger partial charge in [-0.15, -0.1) is 0 Å².